The zero-order valence-electron chi connectivity index (χ0n) is 27.1. The summed E-state index contributed by atoms with van der Waals surface area (Å²) < 4.78 is 22.5. The SMILES string of the molecule is CCCCCCCCOc1ccc(-c2noc(C3CCCN3/C(=N\C(=O)OC(C)(C)C)NC(=O)OC(C)(C)C)n2)cc1C. The highest BCUT2D eigenvalue weighted by Crippen LogP contribution is 2.33. The van der Waals surface area contributed by atoms with Crippen molar-refractivity contribution in [3.05, 3.63) is 29.7 Å². The van der Waals surface area contributed by atoms with E-state index >= 15 is 0 Å². The largest absolute Gasteiger partial charge is 0.493 e. The number of alkyl carbamates (subject to hydrolysis) is 1. The van der Waals surface area contributed by atoms with Crippen molar-refractivity contribution < 1.29 is 28.3 Å². The third-order valence-corrected chi connectivity index (χ3v) is 6.64. The molecular weight excluding hydrogens is 550 g/mol. The standard InChI is InChI=1S/C32H49N5O6/c1-9-10-11-12-13-14-20-40-25-18-17-23(21-22(25)2)26-33-27(43-36-26)24-16-15-19-37(24)28(34-29(38)41-31(3,4)5)35-30(39)42-32(6,7)8/h17-18,21,24H,9-16,19-20H2,1-8H3,(H,34,35,38,39). The number of nitrogens with one attached hydrogen (secondary N) is 1. The van der Waals surface area contributed by atoms with E-state index < -0.39 is 29.4 Å². The molecule has 238 valence electrons. The Kier molecular flexibility index (Phi) is 12.0. The van der Waals surface area contributed by atoms with E-state index in [0.717, 1.165) is 29.7 Å². The third-order valence-electron chi connectivity index (χ3n) is 6.64. The van der Waals surface area contributed by atoms with Crippen LogP contribution in [-0.2, 0) is 9.47 Å². The zero-order chi connectivity index (χ0) is 31.6. The van der Waals surface area contributed by atoms with E-state index in [0.29, 0.717) is 31.3 Å². The molecule has 1 N–H and O–H groups in total. The van der Waals surface area contributed by atoms with Crippen LogP contribution in [0.3, 0.4) is 0 Å². The average Bonchev–Trinajstić information content (AvgIpc) is 3.56. The molecule has 0 radical (unpaired) electrons. The van der Waals surface area contributed by atoms with Crippen LogP contribution in [0.25, 0.3) is 11.4 Å². The lowest BCUT2D eigenvalue weighted by Gasteiger charge is -2.27. The van der Waals surface area contributed by atoms with Crippen molar-refractivity contribution in [2.24, 2.45) is 4.99 Å². The maximum absolute atomic E-state index is 12.7. The van der Waals surface area contributed by atoms with Gasteiger partial charge in [0.15, 0.2) is 0 Å². The number of benzene rings is 1. The van der Waals surface area contributed by atoms with E-state index in [-0.39, 0.29) is 5.96 Å². The first-order valence-corrected chi connectivity index (χ1v) is 15.4. The van der Waals surface area contributed by atoms with Crippen molar-refractivity contribution in [1.82, 2.24) is 20.4 Å². The molecule has 0 aliphatic carbocycles. The molecule has 1 fully saturated rings. The molecule has 11 nitrogen and oxygen atoms in total. The maximum Gasteiger partial charge on any atom is 0.437 e. The van der Waals surface area contributed by atoms with Gasteiger partial charge in [0, 0.05) is 12.1 Å². The number of unbranched alkanes of at least 4 members (excludes halogenated alkanes) is 5. The van der Waals surface area contributed by atoms with Crippen molar-refractivity contribution in [3.63, 3.8) is 0 Å². The zero-order valence-corrected chi connectivity index (χ0v) is 27.1. The number of rotatable bonds is 10. The third kappa shape index (κ3) is 11.2. The van der Waals surface area contributed by atoms with Crippen molar-refractivity contribution in [3.8, 4) is 17.1 Å². The molecule has 1 aromatic heterocycles. The second-order valence-corrected chi connectivity index (χ2v) is 12.9. The monoisotopic (exact) mass is 599 g/mol. The van der Waals surface area contributed by atoms with Gasteiger partial charge in [-0.2, -0.15) is 4.98 Å². The molecule has 1 saturated heterocycles. The summed E-state index contributed by atoms with van der Waals surface area (Å²) in [7, 11) is 0. The smallest absolute Gasteiger partial charge is 0.437 e. The van der Waals surface area contributed by atoms with E-state index in [1.54, 1.807) is 46.4 Å². The molecule has 1 aliphatic heterocycles. The van der Waals surface area contributed by atoms with Gasteiger partial charge in [-0.05, 0) is 91.5 Å². The first kappa shape index (κ1) is 33.9. The van der Waals surface area contributed by atoms with Gasteiger partial charge < -0.3 is 23.6 Å². The Balaban J connectivity index is 1.73. The Morgan fingerprint density at radius 1 is 1.05 bits per heavy atom. The van der Waals surface area contributed by atoms with Gasteiger partial charge in [0.25, 0.3) is 0 Å². The minimum atomic E-state index is -0.829. The van der Waals surface area contributed by atoms with Gasteiger partial charge in [-0.3, -0.25) is 5.32 Å². The van der Waals surface area contributed by atoms with E-state index in [2.05, 4.69) is 27.4 Å². The molecule has 1 aromatic carbocycles. The summed E-state index contributed by atoms with van der Waals surface area (Å²) in [4.78, 5) is 35.8. The highest BCUT2D eigenvalue weighted by molar-refractivity contribution is 5.99. The number of aliphatic imine (C=N–C) groups is 1. The minimum absolute atomic E-state index is 0.00783. The van der Waals surface area contributed by atoms with Gasteiger partial charge in [0.2, 0.25) is 17.7 Å². The molecule has 2 heterocycles. The van der Waals surface area contributed by atoms with Crippen molar-refractivity contribution >= 4 is 18.1 Å². The van der Waals surface area contributed by atoms with E-state index in [1.807, 2.05) is 25.1 Å². The second kappa shape index (κ2) is 15.2. The predicted octanol–water partition coefficient (Wildman–Crippen LogP) is 7.74. The summed E-state index contributed by atoms with van der Waals surface area (Å²) in [6.07, 6.45) is 7.15. The van der Waals surface area contributed by atoms with Crippen LogP contribution in [-0.4, -0.2) is 57.5 Å². The Hall–Kier alpha value is -3.63. The van der Waals surface area contributed by atoms with E-state index in [9.17, 15) is 9.59 Å². The fourth-order valence-corrected chi connectivity index (χ4v) is 4.71. The van der Waals surface area contributed by atoms with Gasteiger partial charge in [-0.25, -0.2) is 9.59 Å². The van der Waals surface area contributed by atoms with Crippen LogP contribution in [0.5, 0.6) is 5.75 Å². The van der Waals surface area contributed by atoms with Gasteiger partial charge in [0.05, 0.1) is 6.61 Å². The summed E-state index contributed by atoms with van der Waals surface area (Å²) in [5.41, 5.74) is 0.306. The first-order chi connectivity index (χ1) is 20.3. The number of guanidine groups is 1. The quantitative estimate of drug-likeness (QED) is 0.166. The number of hydrogen-bond acceptors (Lipinski definition) is 8. The summed E-state index contributed by atoms with van der Waals surface area (Å²) >= 11 is 0. The van der Waals surface area contributed by atoms with Crippen molar-refractivity contribution in [1.29, 1.82) is 0 Å². The Morgan fingerprint density at radius 3 is 2.42 bits per heavy atom. The summed E-state index contributed by atoms with van der Waals surface area (Å²) in [5.74, 6) is 1.65. The molecule has 11 heteroatoms. The number of ether oxygens (including phenoxy) is 3. The van der Waals surface area contributed by atoms with E-state index in [4.69, 9.17) is 18.7 Å². The number of aromatic nitrogens is 2. The number of amides is 2. The number of aryl methyl sites for hydroxylation is 1. The summed E-state index contributed by atoms with van der Waals surface area (Å²) in [5, 5.41) is 6.86. The van der Waals surface area contributed by atoms with Gasteiger partial charge in [0.1, 0.15) is 23.0 Å². The molecule has 0 saturated carbocycles. The fraction of sp³-hybridized carbons (Fsp3) is 0.656. The highest BCUT2D eigenvalue weighted by Gasteiger charge is 2.35. The van der Waals surface area contributed by atoms with E-state index in [1.165, 1.54) is 32.1 Å². The number of hydrogen-bond donors (Lipinski definition) is 1. The number of carbonyl (C=O) groups excluding carboxylic acids is 2. The van der Waals surface area contributed by atoms with Crippen LogP contribution >= 0.6 is 0 Å². The van der Waals surface area contributed by atoms with Crippen molar-refractivity contribution in [2.75, 3.05) is 13.2 Å². The minimum Gasteiger partial charge on any atom is -0.493 e. The lowest BCUT2D eigenvalue weighted by molar-refractivity contribution is 0.0553. The Labute approximate surface area is 255 Å². The molecule has 2 aromatic rings. The molecule has 2 amide bonds. The Morgan fingerprint density at radius 2 is 1.74 bits per heavy atom. The van der Waals surface area contributed by atoms with Crippen molar-refractivity contribution in [2.45, 2.75) is 124 Å². The summed E-state index contributed by atoms with van der Waals surface area (Å²) in [6.45, 7) is 15.9. The lowest BCUT2D eigenvalue weighted by atomic mass is 10.1. The normalized spacial score (nSPS) is 15.9. The highest BCUT2D eigenvalue weighted by atomic mass is 16.6. The predicted molar refractivity (Wildman–Crippen MR) is 165 cm³/mol. The summed E-state index contributed by atoms with van der Waals surface area (Å²) in [6, 6.07) is 5.44. The van der Waals surface area contributed by atoms with Gasteiger partial charge >= 0.3 is 12.2 Å². The van der Waals surface area contributed by atoms with Crippen LogP contribution < -0.4 is 10.1 Å². The number of carbonyl (C=O) groups is 2. The van der Waals surface area contributed by atoms with Crippen LogP contribution in [0.15, 0.2) is 27.7 Å². The molecule has 1 atom stereocenters. The molecule has 43 heavy (non-hydrogen) atoms. The molecule has 1 unspecified atom stereocenters. The van der Waals surface area contributed by atoms with Gasteiger partial charge in [-0.1, -0.05) is 44.2 Å². The Bertz CT molecular complexity index is 1240. The first-order valence-electron chi connectivity index (χ1n) is 15.4. The van der Waals surface area contributed by atoms with Crippen LogP contribution in [0.1, 0.15) is 117 Å². The topological polar surface area (TPSA) is 128 Å². The van der Waals surface area contributed by atoms with Gasteiger partial charge in [-0.15, -0.1) is 4.99 Å². The number of nitrogens with zero attached hydrogens (tertiary/aromatic N) is 4. The van der Waals surface area contributed by atoms with Crippen LogP contribution in [0.2, 0.25) is 0 Å². The molecular formula is C32H49N5O6. The molecule has 0 bridgehead atoms. The lowest BCUT2D eigenvalue weighted by Crippen LogP contribution is -2.46. The molecule has 1 aliphatic rings. The molecule has 0 spiro atoms. The second-order valence-electron chi connectivity index (χ2n) is 12.9. The fourth-order valence-electron chi connectivity index (χ4n) is 4.71. The van der Waals surface area contributed by atoms with Crippen LogP contribution in [0.4, 0.5) is 9.59 Å². The number of likely N-dealkylation sites (tertiary alicyclic amines) is 1. The van der Waals surface area contributed by atoms with Crippen LogP contribution in [0, 0.1) is 6.92 Å². The average molecular weight is 600 g/mol. The maximum atomic E-state index is 12.7. The molecule has 3 rings (SSSR count).